The molecule has 26 heavy (non-hydrogen) atoms. The largest absolute Gasteiger partial charge is 0.334 e. The minimum Gasteiger partial charge on any atom is -0.334 e. The molecule has 2 aromatic rings. The number of benzene rings is 1. The summed E-state index contributed by atoms with van der Waals surface area (Å²) >= 11 is 1.55. The monoisotopic (exact) mass is 369 g/mol. The summed E-state index contributed by atoms with van der Waals surface area (Å²) in [5, 5.41) is 1.12. The number of rotatable bonds is 4. The first-order valence-electron chi connectivity index (χ1n) is 8.94. The first-order valence-corrected chi connectivity index (χ1v) is 9.76. The van der Waals surface area contributed by atoms with Gasteiger partial charge in [-0.05, 0) is 38.0 Å². The van der Waals surface area contributed by atoms with E-state index in [2.05, 4.69) is 0 Å². The smallest absolute Gasteiger partial charge is 0.264 e. The fraction of sp³-hybridized carbons (Fsp3) is 0.400. The Bertz CT molecular complexity index is 828. The molecular weight excluding hydrogens is 346 g/mol. The van der Waals surface area contributed by atoms with E-state index in [1.807, 2.05) is 65.2 Å². The highest BCUT2D eigenvalue weighted by Crippen LogP contribution is 2.34. The number of carbonyl (C=O) groups excluding carboxylic acids is 2. The summed E-state index contributed by atoms with van der Waals surface area (Å²) in [6, 6.07) is 10.4. The molecule has 3 aliphatic rings. The molecule has 1 aromatic heterocycles. The van der Waals surface area contributed by atoms with Crippen molar-refractivity contribution in [3.8, 4) is 0 Å². The molecule has 2 amide bonds. The predicted octanol–water partition coefficient (Wildman–Crippen LogP) is 2.44. The molecule has 4 heterocycles. The van der Waals surface area contributed by atoms with Gasteiger partial charge < -0.3 is 14.7 Å². The Hall–Kier alpha value is -2.18. The zero-order valence-electron chi connectivity index (χ0n) is 15.1. The number of piperazine rings is 1. The molecule has 136 valence electrons. The van der Waals surface area contributed by atoms with Crippen LogP contribution in [-0.4, -0.2) is 72.3 Å². The lowest BCUT2D eigenvalue weighted by Crippen LogP contribution is -2.70. The van der Waals surface area contributed by atoms with Crippen molar-refractivity contribution in [3.63, 3.8) is 0 Å². The third-order valence-corrected chi connectivity index (χ3v) is 6.21. The highest BCUT2D eigenvalue weighted by Gasteiger charge is 2.47. The lowest BCUT2D eigenvalue weighted by molar-refractivity contribution is -0.146. The van der Waals surface area contributed by atoms with E-state index in [4.69, 9.17) is 0 Å². The van der Waals surface area contributed by atoms with Gasteiger partial charge in [-0.2, -0.15) is 0 Å². The van der Waals surface area contributed by atoms with Crippen LogP contribution in [0.1, 0.15) is 16.1 Å². The maximum absolute atomic E-state index is 12.9. The molecule has 5 nitrogen and oxygen atoms in total. The van der Waals surface area contributed by atoms with Gasteiger partial charge in [-0.3, -0.25) is 9.59 Å². The minimum atomic E-state index is 0.0714. The van der Waals surface area contributed by atoms with Crippen molar-refractivity contribution in [2.24, 2.45) is 0 Å². The summed E-state index contributed by atoms with van der Waals surface area (Å²) in [6.45, 7) is 2.03. The van der Waals surface area contributed by atoms with E-state index in [9.17, 15) is 9.59 Å². The van der Waals surface area contributed by atoms with E-state index in [0.29, 0.717) is 13.1 Å². The maximum Gasteiger partial charge on any atom is 0.264 e. The normalized spacial score (nSPS) is 22.3. The topological polar surface area (TPSA) is 43.9 Å². The van der Waals surface area contributed by atoms with Gasteiger partial charge in [-0.15, -0.1) is 11.3 Å². The van der Waals surface area contributed by atoms with Gasteiger partial charge in [0.2, 0.25) is 5.91 Å². The molecule has 3 aliphatic heterocycles. The number of likely N-dealkylation sites (N-methyl/N-ethyl adjacent to an activating group) is 1. The van der Waals surface area contributed by atoms with Crippen molar-refractivity contribution < 1.29 is 9.59 Å². The lowest BCUT2D eigenvalue weighted by atomic mass is 9.87. The van der Waals surface area contributed by atoms with Crippen LogP contribution in [0.15, 0.2) is 42.5 Å². The SMILES string of the molecule is CN(C)C/C=C/C(=O)N1C2CC1CN(C(=O)c1cc3ccccc3s1)C2. The maximum atomic E-state index is 12.9. The van der Waals surface area contributed by atoms with Gasteiger partial charge in [-0.1, -0.05) is 24.3 Å². The fourth-order valence-electron chi connectivity index (χ4n) is 3.83. The van der Waals surface area contributed by atoms with Crippen molar-refractivity contribution in [2.75, 3.05) is 33.7 Å². The molecule has 0 spiro atoms. The van der Waals surface area contributed by atoms with Gasteiger partial charge in [0.25, 0.3) is 5.91 Å². The highest BCUT2D eigenvalue weighted by molar-refractivity contribution is 7.20. The molecule has 2 atom stereocenters. The van der Waals surface area contributed by atoms with Crippen LogP contribution in [0.5, 0.6) is 0 Å². The van der Waals surface area contributed by atoms with E-state index in [0.717, 1.165) is 27.9 Å². The van der Waals surface area contributed by atoms with Crippen molar-refractivity contribution in [1.29, 1.82) is 0 Å². The van der Waals surface area contributed by atoms with Gasteiger partial charge >= 0.3 is 0 Å². The molecule has 1 aromatic carbocycles. The molecule has 2 unspecified atom stereocenters. The number of hydrogen-bond acceptors (Lipinski definition) is 4. The van der Waals surface area contributed by atoms with Crippen molar-refractivity contribution >= 4 is 33.2 Å². The van der Waals surface area contributed by atoms with E-state index in [-0.39, 0.29) is 23.9 Å². The second-order valence-electron chi connectivity index (χ2n) is 7.31. The molecule has 3 fully saturated rings. The Kier molecular flexibility index (Phi) is 4.54. The Balaban J connectivity index is 1.41. The Morgan fingerprint density at radius 2 is 1.96 bits per heavy atom. The van der Waals surface area contributed by atoms with Crippen molar-refractivity contribution in [1.82, 2.24) is 14.7 Å². The van der Waals surface area contributed by atoms with Crippen LogP contribution in [0.4, 0.5) is 0 Å². The molecular formula is C20H23N3O2S. The number of thiophene rings is 1. The second kappa shape index (κ2) is 6.85. The lowest BCUT2D eigenvalue weighted by Gasteiger charge is -2.55. The molecule has 5 rings (SSSR count). The molecule has 2 bridgehead atoms. The molecule has 0 N–H and O–H groups in total. The van der Waals surface area contributed by atoms with Gasteiger partial charge in [0.1, 0.15) is 0 Å². The van der Waals surface area contributed by atoms with E-state index >= 15 is 0 Å². The fourth-order valence-corrected chi connectivity index (χ4v) is 4.86. The molecule has 0 aliphatic carbocycles. The average molecular weight is 369 g/mol. The Morgan fingerprint density at radius 1 is 1.23 bits per heavy atom. The summed E-state index contributed by atoms with van der Waals surface area (Å²) in [7, 11) is 3.95. The van der Waals surface area contributed by atoms with Crippen LogP contribution in [-0.2, 0) is 4.79 Å². The summed E-state index contributed by atoms with van der Waals surface area (Å²) in [5.74, 6) is 0.165. The van der Waals surface area contributed by atoms with E-state index < -0.39 is 0 Å². The van der Waals surface area contributed by atoms with Gasteiger partial charge in [0.05, 0.1) is 17.0 Å². The number of amides is 2. The quantitative estimate of drug-likeness (QED) is 0.778. The number of fused-ring (bicyclic) bond motifs is 3. The van der Waals surface area contributed by atoms with Crippen LogP contribution in [0.2, 0.25) is 0 Å². The zero-order valence-corrected chi connectivity index (χ0v) is 15.9. The minimum absolute atomic E-state index is 0.0714. The van der Waals surface area contributed by atoms with Gasteiger partial charge in [-0.25, -0.2) is 0 Å². The van der Waals surface area contributed by atoms with Gasteiger partial charge in [0, 0.05) is 30.4 Å². The summed E-state index contributed by atoms with van der Waals surface area (Å²) in [6.07, 6.45) is 4.57. The number of nitrogens with zero attached hydrogens (tertiary/aromatic N) is 3. The second-order valence-corrected chi connectivity index (χ2v) is 8.40. The zero-order chi connectivity index (χ0) is 18.3. The number of hydrogen-bond donors (Lipinski definition) is 0. The summed E-state index contributed by atoms with van der Waals surface area (Å²) in [5.41, 5.74) is 0. The number of piperidine rings is 1. The van der Waals surface area contributed by atoms with Gasteiger partial charge in [0.15, 0.2) is 0 Å². The van der Waals surface area contributed by atoms with Crippen LogP contribution < -0.4 is 0 Å². The van der Waals surface area contributed by atoms with Crippen molar-refractivity contribution in [2.45, 2.75) is 18.5 Å². The molecule has 0 saturated carbocycles. The number of carbonyl (C=O) groups is 2. The van der Waals surface area contributed by atoms with Crippen LogP contribution >= 0.6 is 11.3 Å². The first-order chi connectivity index (χ1) is 12.5. The third-order valence-electron chi connectivity index (χ3n) is 5.10. The van der Waals surface area contributed by atoms with E-state index in [1.54, 1.807) is 17.4 Å². The van der Waals surface area contributed by atoms with Crippen LogP contribution in [0, 0.1) is 0 Å². The summed E-state index contributed by atoms with van der Waals surface area (Å²) in [4.78, 5) is 31.9. The first kappa shape index (κ1) is 17.2. The summed E-state index contributed by atoms with van der Waals surface area (Å²) < 4.78 is 1.14. The molecule has 0 radical (unpaired) electrons. The predicted molar refractivity (Wildman–Crippen MR) is 104 cm³/mol. The Labute approximate surface area is 157 Å². The molecule has 6 heteroatoms. The molecule has 3 saturated heterocycles. The Morgan fingerprint density at radius 3 is 2.65 bits per heavy atom. The van der Waals surface area contributed by atoms with E-state index in [1.165, 1.54) is 0 Å². The third kappa shape index (κ3) is 3.15. The average Bonchev–Trinajstić information content (AvgIpc) is 3.04. The highest BCUT2D eigenvalue weighted by atomic mass is 32.1. The van der Waals surface area contributed by atoms with Crippen molar-refractivity contribution in [3.05, 3.63) is 47.4 Å². The standard InChI is InChI=1S/C20H23N3O2S/c1-21(2)9-5-8-19(24)23-15-11-16(23)13-22(12-15)20(25)18-10-14-6-3-4-7-17(14)26-18/h3-8,10,15-16H,9,11-13H2,1-2H3/b8-5+. The van der Waals surface area contributed by atoms with Crippen LogP contribution in [0.3, 0.4) is 0 Å². The van der Waals surface area contributed by atoms with Crippen LogP contribution in [0.25, 0.3) is 10.1 Å².